The monoisotopic (exact) mass is 375 g/mol. The third kappa shape index (κ3) is 3.79. The highest BCUT2D eigenvalue weighted by Gasteiger charge is 2.52. The molecule has 0 aliphatic carbocycles. The van der Waals surface area contributed by atoms with Crippen molar-refractivity contribution in [1.29, 1.82) is 0 Å². The van der Waals surface area contributed by atoms with Crippen LogP contribution in [0, 0.1) is 0 Å². The molecule has 1 aliphatic rings. The zero-order valence-electron chi connectivity index (χ0n) is 14.8. The summed E-state index contributed by atoms with van der Waals surface area (Å²) < 4.78 is 12.2. The summed E-state index contributed by atoms with van der Waals surface area (Å²) in [5, 5.41) is 1.83. The van der Waals surface area contributed by atoms with Crippen LogP contribution in [0.2, 0.25) is 0 Å². The van der Waals surface area contributed by atoms with E-state index in [9.17, 15) is 4.79 Å². The normalized spacial score (nSPS) is 19.4. The number of aromatic amines is 1. The quantitative estimate of drug-likeness (QED) is 0.626. The Bertz CT molecular complexity index is 821. The number of hydrogen-bond donors (Lipinski definition) is 2. The molecule has 0 saturated carbocycles. The van der Waals surface area contributed by atoms with Gasteiger partial charge in [-0.25, -0.2) is 0 Å². The largest absolute Gasteiger partial charge is 0.491 e. The third-order valence-corrected chi connectivity index (χ3v) is 5.87. The predicted molar refractivity (Wildman–Crippen MR) is 108 cm³/mol. The number of H-pyrrole nitrogens is 1. The molecule has 25 heavy (non-hydrogen) atoms. The Labute approximate surface area is 157 Å². The summed E-state index contributed by atoms with van der Waals surface area (Å²) >= 11 is 5.62. The molecule has 1 aliphatic heterocycles. The molecule has 0 bridgehead atoms. The van der Waals surface area contributed by atoms with Gasteiger partial charge in [-0.2, -0.15) is 12.6 Å². The van der Waals surface area contributed by atoms with Crippen molar-refractivity contribution in [3.8, 4) is 11.3 Å². The number of hydrogen-bond acceptors (Lipinski definition) is 5. The van der Waals surface area contributed by atoms with Crippen LogP contribution in [0.5, 0.6) is 0 Å². The van der Waals surface area contributed by atoms with Gasteiger partial charge in [0.2, 0.25) is 0 Å². The SMILES string of the molecule is CC1(C)OB(C(=Cc2ccc(-c3csc(=O)[nH]3)cc2)CS)OC1(C)C. The smallest absolute Gasteiger partial charge is 0.400 e. The van der Waals surface area contributed by atoms with Gasteiger partial charge in [0.05, 0.1) is 16.9 Å². The van der Waals surface area contributed by atoms with E-state index in [2.05, 4.69) is 23.7 Å². The van der Waals surface area contributed by atoms with Gasteiger partial charge in [0.25, 0.3) is 0 Å². The lowest BCUT2D eigenvalue weighted by atomic mass is 9.78. The van der Waals surface area contributed by atoms with Crippen molar-refractivity contribution in [2.24, 2.45) is 0 Å². The lowest BCUT2D eigenvalue weighted by Crippen LogP contribution is -2.41. The van der Waals surface area contributed by atoms with E-state index in [1.54, 1.807) is 0 Å². The van der Waals surface area contributed by atoms with E-state index in [4.69, 9.17) is 9.31 Å². The first-order valence-electron chi connectivity index (χ1n) is 8.17. The lowest BCUT2D eigenvalue weighted by Gasteiger charge is -2.32. The zero-order chi connectivity index (χ0) is 18.2. The molecule has 0 unspecified atom stereocenters. The van der Waals surface area contributed by atoms with Crippen molar-refractivity contribution < 1.29 is 9.31 Å². The summed E-state index contributed by atoms with van der Waals surface area (Å²) in [7, 11) is -0.393. The second-order valence-electron chi connectivity index (χ2n) is 7.15. The van der Waals surface area contributed by atoms with Gasteiger partial charge in [0, 0.05) is 11.1 Å². The van der Waals surface area contributed by atoms with Gasteiger partial charge in [-0.1, -0.05) is 41.7 Å². The molecule has 1 aromatic carbocycles. The fourth-order valence-electron chi connectivity index (χ4n) is 2.58. The molecule has 0 radical (unpaired) electrons. The Hall–Kier alpha value is -1.28. The average Bonchev–Trinajstić information content (AvgIpc) is 3.06. The summed E-state index contributed by atoms with van der Waals surface area (Å²) in [6.45, 7) is 8.16. The Morgan fingerprint density at radius 3 is 2.28 bits per heavy atom. The van der Waals surface area contributed by atoms with Crippen LogP contribution in [0.25, 0.3) is 17.3 Å². The van der Waals surface area contributed by atoms with Crippen molar-refractivity contribution >= 4 is 37.2 Å². The summed E-state index contributed by atoms with van der Waals surface area (Å²) in [5.41, 5.74) is 3.12. The molecule has 0 amide bonds. The van der Waals surface area contributed by atoms with Crippen molar-refractivity contribution in [2.45, 2.75) is 38.9 Å². The molecule has 1 aromatic heterocycles. The maximum Gasteiger partial charge on any atom is 0.491 e. The number of aromatic nitrogens is 1. The number of nitrogens with one attached hydrogen (secondary N) is 1. The van der Waals surface area contributed by atoms with E-state index in [0.29, 0.717) is 5.75 Å². The van der Waals surface area contributed by atoms with Gasteiger partial charge in [0.15, 0.2) is 0 Å². The molecule has 2 aromatic rings. The van der Waals surface area contributed by atoms with E-state index in [-0.39, 0.29) is 16.1 Å². The lowest BCUT2D eigenvalue weighted by molar-refractivity contribution is 0.00578. The summed E-state index contributed by atoms with van der Waals surface area (Å²) in [6, 6.07) is 8.01. The second-order valence-corrected chi connectivity index (χ2v) is 8.31. The molecular weight excluding hydrogens is 353 g/mol. The van der Waals surface area contributed by atoms with Crippen LogP contribution in [0.15, 0.2) is 39.9 Å². The molecule has 4 nitrogen and oxygen atoms in total. The van der Waals surface area contributed by atoms with Crippen LogP contribution in [0.4, 0.5) is 0 Å². The van der Waals surface area contributed by atoms with Gasteiger partial charge in [0.1, 0.15) is 0 Å². The van der Waals surface area contributed by atoms with Crippen LogP contribution in [0.1, 0.15) is 33.3 Å². The van der Waals surface area contributed by atoms with Crippen LogP contribution >= 0.6 is 24.0 Å². The van der Waals surface area contributed by atoms with E-state index in [0.717, 1.165) is 22.3 Å². The fraction of sp³-hybridized carbons (Fsp3) is 0.389. The van der Waals surface area contributed by atoms with E-state index in [1.165, 1.54) is 11.3 Å². The summed E-state index contributed by atoms with van der Waals surface area (Å²) in [5.74, 6) is 0.552. The van der Waals surface area contributed by atoms with E-state index >= 15 is 0 Å². The van der Waals surface area contributed by atoms with Crippen LogP contribution in [-0.2, 0) is 9.31 Å². The Balaban J connectivity index is 1.82. The molecule has 7 heteroatoms. The van der Waals surface area contributed by atoms with E-state index in [1.807, 2.05) is 57.3 Å². The maximum atomic E-state index is 11.3. The van der Waals surface area contributed by atoms with Crippen molar-refractivity contribution in [3.05, 3.63) is 50.3 Å². The molecule has 3 rings (SSSR count). The minimum Gasteiger partial charge on any atom is -0.400 e. The number of thiazole rings is 1. The molecule has 0 spiro atoms. The van der Waals surface area contributed by atoms with Crippen LogP contribution in [-0.4, -0.2) is 29.1 Å². The Morgan fingerprint density at radius 2 is 1.80 bits per heavy atom. The number of rotatable bonds is 4. The Morgan fingerprint density at radius 1 is 1.20 bits per heavy atom. The van der Waals surface area contributed by atoms with Crippen molar-refractivity contribution in [3.63, 3.8) is 0 Å². The first-order valence-corrected chi connectivity index (χ1v) is 9.68. The molecular formula is C18H22BNO3S2. The number of benzene rings is 1. The highest BCUT2D eigenvalue weighted by Crippen LogP contribution is 2.39. The molecule has 1 saturated heterocycles. The van der Waals surface area contributed by atoms with Gasteiger partial charge < -0.3 is 14.3 Å². The molecule has 1 N–H and O–H groups in total. The van der Waals surface area contributed by atoms with E-state index < -0.39 is 7.12 Å². The highest BCUT2D eigenvalue weighted by atomic mass is 32.1. The van der Waals surface area contributed by atoms with Crippen LogP contribution < -0.4 is 4.87 Å². The van der Waals surface area contributed by atoms with Gasteiger partial charge in [-0.05, 0) is 44.3 Å². The van der Waals surface area contributed by atoms with Crippen molar-refractivity contribution in [1.82, 2.24) is 4.98 Å². The summed E-state index contributed by atoms with van der Waals surface area (Å²) in [6.07, 6.45) is 2.05. The van der Waals surface area contributed by atoms with Gasteiger partial charge >= 0.3 is 12.0 Å². The third-order valence-electron chi connectivity index (χ3n) is 4.83. The molecule has 132 valence electrons. The Kier molecular flexibility index (Phi) is 5.03. The van der Waals surface area contributed by atoms with Gasteiger partial charge in [-0.15, -0.1) is 0 Å². The second kappa shape index (κ2) is 6.80. The van der Waals surface area contributed by atoms with Crippen molar-refractivity contribution in [2.75, 3.05) is 5.75 Å². The highest BCUT2D eigenvalue weighted by molar-refractivity contribution is 7.80. The fourth-order valence-corrected chi connectivity index (χ4v) is 3.41. The predicted octanol–water partition coefficient (Wildman–Crippen LogP) is 4.05. The minimum atomic E-state index is -0.393. The topological polar surface area (TPSA) is 51.3 Å². The first kappa shape index (κ1) is 18.5. The van der Waals surface area contributed by atoms with Gasteiger partial charge in [-0.3, -0.25) is 4.79 Å². The maximum absolute atomic E-state index is 11.3. The number of thiol groups is 1. The average molecular weight is 375 g/mol. The standard InChI is InChI=1S/C18H22BNO3S2/c1-17(2)18(3,4)23-19(22-17)14(10-24)9-12-5-7-13(8-6-12)15-11-25-16(21)20-15/h5-9,11,24H,10H2,1-4H3,(H,20,21). The first-order chi connectivity index (χ1) is 11.7. The summed E-state index contributed by atoms with van der Waals surface area (Å²) in [4.78, 5) is 14.1. The minimum absolute atomic E-state index is 0.0444. The molecule has 1 fully saturated rings. The molecule has 0 atom stereocenters. The van der Waals surface area contributed by atoms with Crippen LogP contribution in [0.3, 0.4) is 0 Å². The molecule has 2 heterocycles. The zero-order valence-corrected chi connectivity index (χ0v) is 16.5.